The standard InChI is InChI=1S/C23H19N3O5S/c27-21-12-14(9-10-20(21)26-13-22(28)25-32(26,30)31)11-19-17-7-3-1-5-15(17)16-6-2-4-8-18(16)23(29)24-19/h1-10,12,19,27H,11,13H2,(H,24,29)(H,25,28)/t19-/m0/s1. The number of carbonyl (C=O) groups excluding carboxylic acids is 2. The zero-order valence-electron chi connectivity index (χ0n) is 16.8. The van der Waals surface area contributed by atoms with E-state index in [2.05, 4.69) is 5.32 Å². The van der Waals surface area contributed by atoms with Crippen LogP contribution < -0.4 is 14.3 Å². The van der Waals surface area contributed by atoms with Crippen molar-refractivity contribution in [3.8, 4) is 16.9 Å². The number of phenols is 1. The summed E-state index contributed by atoms with van der Waals surface area (Å²) in [5, 5.41) is 13.6. The summed E-state index contributed by atoms with van der Waals surface area (Å²) >= 11 is 0. The maximum atomic E-state index is 12.9. The first-order valence-electron chi connectivity index (χ1n) is 9.98. The molecule has 1 fully saturated rings. The zero-order chi connectivity index (χ0) is 22.5. The average molecular weight is 449 g/mol. The molecule has 3 aromatic carbocycles. The average Bonchev–Trinajstić information content (AvgIpc) is 2.98. The van der Waals surface area contributed by atoms with Crippen LogP contribution >= 0.6 is 0 Å². The third-order valence-corrected chi connectivity index (χ3v) is 7.06. The van der Waals surface area contributed by atoms with Crippen molar-refractivity contribution in [2.24, 2.45) is 0 Å². The lowest BCUT2D eigenvalue weighted by atomic mass is 9.91. The Morgan fingerprint density at radius 2 is 1.62 bits per heavy atom. The van der Waals surface area contributed by atoms with E-state index in [-0.39, 0.29) is 29.9 Å². The first-order valence-corrected chi connectivity index (χ1v) is 11.4. The third-order valence-electron chi connectivity index (χ3n) is 5.67. The summed E-state index contributed by atoms with van der Waals surface area (Å²) in [7, 11) is -4.02. The molecule has 3 N–H and O–H groups in total. The van der Waals surface area contributed by atoms with Gasteiger partial charge < -0.3 is 10.4 Å². The molecular weight excluding hydrogens is 430 g/mol. The maximum Gasteiger partial charge on any atom is 0.326 e. The predicted octanol–water partition coefficient (Wildman–Crippen LogP) is 2.27. The van der Waals surface area contributed by atoms with E-state index in [4.69, 9.17) is 0 Å². The van der Waals surface area contributed by atoms with Crippen LogP contribution in [-0.4, -0.2) is 31.9 Å². The van der Waals surface area contributed by atoms with Crippen LogP contribution in [0.25, 0.3) is 11.1 Å². The largest absolute Gasteiger partial charge is 0.506 e. The van der Waals surface area contributed by atoms with Crippen LogP contribution in [0, 0.1) is 0 Å². The zero-order valence-corrected chi connectivity index (χ0v) is 17.6. The molecule has 162 valence electrons. The van der Waals surface area contributed by atoms with Crippen molar-refractivity contribution in [1.29, 1.82) is 0 Å². The number of phenolic OH excluding ortho intramolecular Hbond substituents is 1. The van der Waals surface area contributed by atoms with Gasteiger partial charge in [-0.1, -0.05) is 48.5 Å². The molecule has 5 rings (SSSR count). The van der Waals surface area contributed by atoms with Crippen LogP contribution in [0.4, 0.5) is 5.69 Å². The van der Waals surface area contributed by atoms with Gasteiger partial charge in [0.15, 0.2) is 0 Å². The number of hydrogen-bond donors (Lipinski definition) is 3. The van der Waals surface area contributed by atoms with Crippen molar-refractivity contribution in [3.63, 3.8) is 0 Å². The third kappa shape index (κ3) is 3.36. The van der Waals surface area contributed by atoms with Gasteiger partial charge in [-0.15, -0.1) is 0 Å². The molecule has 2 amide bonds. The number of benzene rings is 3. The first kappa shape index (κ1) is 20.1. The van der Waals surface area contributed by atoms with Crippen LogP contribution in [0.3, 0.4) is 0 Å². The van der Waals surface area contributed by atoms with Crippen LogP contribution in [0.1, 0.15) is 27.5 Å². The van der Waals surface area contributed by atoms with E-state index in [0.717, 1.165) is 21.0 Å². The summed E-state index contributed by atoms with van der Waals surface area (Å²) in [4.78, 5) is 24.4. The Kier molecular flexibility index (Phi) is 4.63. The minimum atomic E-state index is -4.02. The van der Waals surface area contributed by atoms with Gasteiger partial charge >= 0.3 is 10.2 Å². The Bertz CT molecular complexity index is 1370. The van der Waals surface area contributed by atoms with Gasteiger partial charge in [0.25, 0.3) is 11.8 Å². The van der Waals surface area contributed by atoms with Crippen LogP contribution in [0.15, 0.2) is 66.7 Å². The molecule has 0 bridgehead atoms. The molecule has 0 saturated carbocycles. The van der Waals surface area contributed by atoms with Crippen LogP contribution in [0.2, 0.25) is 0 Å². The van der Waals surface area contributed by atoms with Crippen molar-refractivity contribution in [3.05, 3.63) is 83.4 Å². The van der Waals surface area contributed by atoms with Gasteiger partial charge in [0.05, 0.1) is 11.7 Å². The van der Waals surface area contributed by atoms with Gasteiger partial charge in [0.2, 0.25) is 0 Å². The van der Waals surface area contributed by atoms with Gasteiger partial charge in [0, 0.05) is 5.56 Å². The fraction of sp³-hybridized carbons (Fsp3) is 0.130. The molecule has 2 heterocycles. The minimum Gasteiger partial charge on any atom is -0.506 e. The smallest absolute Gasteiger partial charge is 0.326 e. The van der Waals surface area contributed by atoms with Crippen LogP contribution in [-0.2, 0) is 21.4 Å². The topological polar surface area (TPSA) is 116 Å². The fourth-order valence-electron chi connectivity index (χ4n) is 4.24. The lowest BCUT2D eigenvalue weighted by molar-refractivity contribution is -0.117. The van der Waals surface area contributed by atoms with Gasteiger partial charge in [-0.2, -0.15) is 8.42 Å². The van der Waals surface area contributed by atoms with Crippen molar-refractivity contribution in [1.82, 2.24) is 10.0 Å². The van der Waals surface area contributed by atoms with Crippen molar-refractivity contribution >= 4 is 27.7 Å². The summed E-state index contributed by atoms with van der Waals surface area (Å²) < 4.78 is 26.9. The number of aromatic hydroxyl groups is 1. The van der Waals surface area contributed by atoms with Crippen LogP contribution in [0.5, 0.6) is 5.75 Å². The summed E-state index contributed by atoms with van der Waals surface area (Å²) in [6, 6.07) is 19.4. The highest BCUT2D eigenvalue weighted by atomic mass is 32.2. The van der Waals surface area contributed by atoms with Gasteiger partial charge in [-0.05, 0) is 46.9 Å². The number of nitrogens with one attached hydrogen (secondary N) is 2. The molecule has 9 heteroatoms. The van der Waals surface area contributed by atoms with E-state index < -0.39 is 16.1 Å². The number of nitrogens with zero attached hydrogens (tertiary/aromatic N) is 1. The van der Waals surface area contributed by atoms with E-state index in [0.29, 0.717) is 17.5 Å². The fourth-order valence-corrected chi connectivity index (χ4v) is 5.40. The second-order valence-corrected chi connectivity index (χ2v) is 9.32. The second kappa shape index (κ2) is 7.38. The monoisotopic (exact) mass is 449 g/mol. The van der Waals surface area contributed by atoms with Gasteiger partial charge in [0.1, 0.15) is 12.3 Å². The molecule has 0 aromatic heterocycles. The number of fused-ring (bicyclic) bond motifs is 3. The molecule has 2 aliphatic heterocycles. The molecule has 0 radical (unpaired) electrons. The summed E-state index contributed by atoms with van der Waals surface area (Å²) in [6.07, 6.45) is 0.383. The lowest BCUT2D eigenvalue weighted by Gasteiger charge is -2.20. The van der Waals surface area contributed by atoms with Crippen molar-refractivity contribution in [2.45, 2.75) is 12.5 Å². The van der Waals surface area contributed by atoms with Crippen molar-refractivity contribution < 1.29 is 23.1 Å². The Balaban J connectivity index is 1.49. The molecule has 0 spiro atoms. The van der Waals surface area contributed by atoms with Crippen molar-refractivity contribution in [2.75, 3.05) is 10.8 Å². The SMILES string of the molecule is O=C1CN(c2ccc(C[C@@H]3NC(=O)c4ccccc4-c4ccccc43)cc2O)S(=O)(=O)N1. The maximum absolute atomic E-state index is 12.9. The molecule has 1 atom stereocenters. The van der Waals surface area contributed by atoms with E-state index >= 15 is 0 Å². The highest BCUT2D eigenvalue weighted by molar-refractivity contribution is 7.92. The lowest BCUT2D eigenvalue weighted by Crippen LogP contribution is -2.30. The Hall–Kier alpha value is -3.85. The van der Waals surface area contributed by atoms with E-state index in [1.165, 1.54) is 12.1 Å². The highest BCUT2D eigenvalue weighted by Crippen LogP contribution is 2.37. The Morgan fingerprint density at radius 1 is 0.938 bits per heavy atom. The number of anilines is 1. The second-order valence-electron chi connectivity index (χ2n) is 7.72. The number of rotatable bonds is 3. The minimum absolute atomic E-state index is 0.0183. The summed E-state index contributed by atoms with van der Waals surface area (Å²) in [6.45, 7) is -0.389. The van der Waals surface area contributed by atoms with E-state index in [1.807, 2.05) is 47.2 Å². The molecule has 3 aromatic rings. The first-order chi connectivity index (χ1) is 15.3. The van der Waals surface area contributed by atoms with Gasteiger partial charge in [-0.25, -0.2) is 9.03 Å². The number of hydrogen-bond acceptors (Lipinski definition) is 5. The molecule has 8 nitrogen and oxygen atoms in total. The molecule has 32 heavy (non-hydrogen) atoms. The molecule has 1 saturated heterocycles. The number of amides is 2. The molecule has 0 unspecified atom stereocenters. The van der Waals surface area contributed by atoms with Gasteiger partial charge in [-0.3, -0.25) is 9.59 Å². The highest BCUT2D eigenvalue weighted by Gasteiger charge is 2.35. The molecule has 2 aliphatic rings. The summed E-state index contributed by atoms with van der Waals surface area (Å²) in [5.74, 6) is -1.11. The Morgan fingerprint density at radius 3 is 2.31 bits per heavy atom. The normalized spacial score (nSPS) is 18.9. The van der Waals surface area contributed by atoms with E-state index in [9.17, 15) is 23.1 Å². The van der Waals surface area contributed by atoms with E-state index in [1.54, 1.807) is 12.1 Å². The summed E-state index contributed by atoms with van der Waals surface area (Å²) in [5.41, 5.74) is 4.08. The molecule has 0 aliphatic carbocycles. The Labute approximate surface area is 184 Å². The predicted molar refractivity (Wildman–Crippen MR) is 118 cm³/mol. The number of carbonyl (C=O) groups is 2. The quantitative estimate of drug-likeness (QED) is 0.567. The molecular formula is C23H19N3O5S.